The van der Waals surface area contributed by atoms with Gasteiger partial charge in [0.1, 0.15) is 0 Å². The zero-order valence-corrected chi connectivity index (χ0v) is 12.1. The van der Waals surface area contributed by atoms with Gasteiger partial charge in [-0.3, -0.25) is 0 Å². The number of hydrogen-bond donors (Lipinski definition) is 1. The molecule has 0 saturated heterocycles. The molecule has 0 amide bonds. The van der Waals surface area contributed by atoms with Gasteiger partial charge >= 0.3 is 0 Å². The molecule has 0 aliphatic heterocycles. The van der Waals surface area contributed by atoms with E-state index in [0.717, 1.165) is 26.2 Å². The first kappa shape index (κ1) is 15.0. The Bertz CT molecular complexity index is 322. The van der Waals surface area contributed by atoms with Crippen molar-refractivity contribution in [2.24, 2.45) is 5.92 Å². The molecule has 0 aromatic heterocycles. The molecule has 0 fully saturated rings. The molecule has 0 aliphatic carbocycles. The van der Waals surface area contributed by atoms with Gasteiger partial charge in [-0.05, 0) is 30.7 Å². The van der Waals surface area contributed by atoms with Gasteiger partial charge in [-0.15, -0.1) is 0 Å². The van der Waals surface area contributed by atoms with Crippen molar-refractivity contribution in [2.75, 3.05) is 38.8 Å². The zero-order valence-electron chi connectivity index (χ0n) is 12.1. The fourth-order valence-corrected chi connectivity index (χ4v) is 2.00. The summed E-state index contributed by atoms with van der Waals surface area (Å²) in [6.07, 6.45) is 0. The van der Waals surface area contributed by atoms with E-state index in [1.807, 2.05) is 7.05 Å². The maximum Gasteiger partial charge on any atom is 0.0637 e. The average Bonchev–Trinajstić information content (AvgIpc) is 2.35. The third-order valence-corrected chi connectivity index (χ3v) is 2.83. The summed E-state index contributed by atoms with van der Waals surface area (Å²) in [4.78, 5) is 2.39. The number of nitrogens with one attached hydrogen (secondary N) is 1. The maximum atomic E-state index is 5.19. The van der Waals surface area contributed by atoms with Gasteiger partial charge in [0.25, 0.3) is 0 Å². The average molecular weight is 250 g/mol. The third kappa shape index (κ3) is 5.07. The quantitative estimate of drug-likeness (QED) is 0.767. The molecule has 1 aromatic carbocycles. The van der Waals surface area contributed by atoms with Crippen molar-refractivity contribution in [3.05, 3.63) is 29.8 Å². The van der Waals surface area contributed by atoms with E-state index >= 15 is 0 Å². The normalized spacial score (nSPS) is 10.9. The smallest absolute Gasteiger partial charge is 0.0637 e. The summed E-state index contributed by atoms with van der Waals surface area (Å²) in [5.74, 6) is 0.652. The minimum Gasteiger partial charge on any atom is -0.383 e. The molecule has 0 heterocycles. The Labute approximate surface area is 111 Å². The summed E-state index contributed by atoms with van der Waals surface area (Å²) in [6, 6.07) is 8.77. The Morgan fingerprint density at radius 3 is 2.39 bits per heavy atom. The van der Waals surface area contributed by atoms with Gasteiger partial charge in [0, 0.05) is 32.4 Å². The molecule has 18 heavy (non-hydrogen) atoms. The Balaban J connectivity index is 2.70. The van der Waals surface area contributed by atoms with Crippen LogP contribution in [0.3, 0.4) is 0 Å². The van der Waals surface area contributed by atoms with Crippen LogP contribution in [0.4, 0.5) is 5.69 Å². The van der Waals surface area contributed by atoms with E-state index < -0.39 is 0 Å². The second-order valence-electron chi connectivity index (χ2n) is 5.03. The molecule has 0 atom stereocenters. The lowest BCUT2D eigenvalue weighted by Gasteiger charge is -2.26. The molecular formula is C15H26N2O. The van der Waals surface area contributed by atoms with Crippen LogP contribution < -0.4 is 10.2 Å². The number of anilines is 1. The van der Waals surface area contributed by atoms with Crippen LogP contribution >= 0.6 is 0 Å². The molecule has 0 bridgehead atoms. The lowest BCUT2D eigenvalue weighted by atomic mass is 10.1. The summed E-state index contributed by atoms with van der Waals surface area (Å²) in [7, 11) is 3.72. The molecule has 0 aliphatic rings. The summed E-state index contributed by atoms with van der Waals surface area (Å²) in [5, 5.41) is 3.17. The monoisotopic (exact) mass is 250 g/mol. The molecule has 3 nitrogen and oxygen atoms in total. The van der Waals surface area contributed by atoms with Gasteiger partial charge in [0.05, 0.1) is 6.61 Å². The van der Waals surface area contributed by atoms with E-state index in [0.29, 0.717) is 5.92 Å². The molecule has 0 unspecified atom stereocenters. The highest BCUT2D eigenvalue weighted by Crippen LogP contribution is 2.16. The van der Waals surface area contributed by atoms with Gasteiger partial charge in [-0.25, -0.2) is 0 Å². The van der Waals surface area contributed by atoms with Crippen molar-refractivity contribution in [1.82, 2.24) is 5.32 Å². The second kappa shape index (κ2) is 8.11. The SMILES string of the molecule is CNCc1ccc(N(CCOC)CC(C)C)cc1. The van der Waals surface area contributed by atoms with Crippen LogP contribution in [0.5, 0.6) is 0 Å². The first-order chi connectivity index (χ1) is 8.67. The molecule has 0 saturated carbocycles. The lowest BCUT2D eigenvalue weighted by molar-refractivity contribution is 0.204. The fraction of sp³-hybridized carbons (Fsp3) is 0.600. The standard InChI is InChI=1S/C15H26N2O/c1-13(2)12-17(9-10-18-4)15-7-5-14(6-8-15)11-16-3/h5-8,13,16H,9-12H2,1-4H3. The number of hydrogen-bond acceptors (Lipinski definition) is 3. The first-order valence-corrected chi connectivity index (χ1v) is 6.64. The summed E-state index contributed by atoms with van der Waals surface area (Å²) >= 11 is 0. The van der Waals surface area contributed by atoms with Crippen LogP contribution in [-0.2, 0) is 11.3 Å². The Morgan fingerprint density at radius 2 is 1.89 bits per heavy atom. The topological polar surface area (TPSA) is 24.5 Å². The summed E-state index contributed by atoms with van der Waals surface area (Å²) in [6.45, 7) is 8.19. The predicted octanol–water partition coefficient (Wildman–Crippen LogP) is 2.51. The van der Waals surface area contributed by atoms with Gasteiger partial charge in [0.2, 0.25) is 0 Å². The number of nitrogens with zero attached hydrogens (tertiary/aromatic N) is 1. The van der Waals surface area contributed by atoms with Crippen LogP contribution in [-0.4, -0.2) is 33.9 Å². The molecule has 1 rings (SSSR count). The number of methoxy groups -OCH3 is 1. The van der Waals surface area contributed by atoms with Crippen molar-refractivity contribution >= 4 is 5.69 Å². The Morgan fingerprint density at radius 1 is 1.22 bits per heavy atom. The van der Waals surface area contributed by atoms with Crippen molar-refractivity contribution in [1.29, 1.82) is 0 Å². The largest absolute Gasteiger partial charge is 0.383 e. The van der Waals surface area contributed by atoms with E-state index in [1.54, 1.807) is 7.11 Å². The van der Waals surface area contributed by atoms with E-state index in [1.165, 1.54) is 11.3 Å². The Hall–Kier alpha value is -1.06. The van der Waals surface area contributed by atoms with E-state index in [4.69, 9.17) is 4.74 Å². The molecule has 1 N–H and O–H groups in total. The van der Waals surface area contributed by atoms with Crippen LogP contribution in [0, 0.1) is 5.92 Å². The zero-order chi connectivity index (χ0) is 13.4. The third-order valence-electron chi connectivity index (χ3n) is 2.83. The fourth-order valence-electron chi connectivity index (χ4n) is 2.00. The molecule has 0 spiro atoms. The van der Waals surface area contributed by atoms with Gasteiger partial charge in [-0.2, -0.15) is 0 Å². The van der Waals surface area contributed by atoms with Crippen LogP contribution in [0.1, 0.15) is 19.4 Å². The minimum absolute atomic E-state index is 0.652. The maximum absolute atomic E-state index is 5.19. The second-order valence-corrected chi connectivity index (χ2v) is 5.03. The van der Waals surface area contributed by atoms with Crippen molar-refractivity contribution in [2.45, 2.75) is 20.4 Å². The van der Waals surface area contributed by atoms with Crippen molar-refractivity contribution in [3.63, 3.8) is 0 Å². The number of rotatable bonds is 8. The van der Waals surface area contributed by atoms with Gasteiger partial charge in [-0.1, -0.05) is 26.0 Å². The summed E-state index contributed by atoms with van der Waals surface area (Å²) in [5.41, 5.74) is 2.60. The first-order valence-electron chi connectivity index (χ1n) is 6.64. The number of benzene rings is 1. The van der Waals surface area contributed by atoms with Crippen LogP contribution in [0.2, 0.25) is 0 Å². The molecular weight excluding hydrogens is 224 g/mol. The Kier molecular flexibility index (Phi) is 6.76. The van der Waals surface area contributed by atoms with Crippen LogP contribution in [0.15, 0.2) is 24.3 Å². The number of ether oxygens (including phenoxy) is 1. The van der Waals surface area contributed by atoms with Crippen molar-refractivity contribution in [3.8, 4) is 0 Å². The molecule has 3 heteroatoms. The lowest BCUT2D eigenvalue weighted by Crippen LogP contribution is -2.30. The van der Waals surface area contributed by atoms with Gasteiger partial charge in [0.15, 0.2) is 0 Å². The highest BCUT2D eigenvalue weighted by atomic mass is 16.5. The van der Waals surface area contributed by atoms with E-state index in [9.17, 15) is 0 Å². The van der Waals surface area contributed by atoms with Crippen LogP contribution in [0.25, 0.3) is 0 Å². The molecule has 0 radical (unpaired) electrons. The minimum atomic E-state index is 0.652. The van der Waals surface area contributed by atoms with Crippen molar-refractivity contribution < 1.29 is 4.74 Å². The summed E-state index contributed by atoms with van der Waals surface area (Å²) < 4.78 is 5.19. The molecule has 1 aromatic rings. The van der Waals surface area contributed by atoms with E-state index in [-0.39, 0.29) is 0 Å². The van der Waals surface area contributed by atoms with Gasteiger partial charge < -0.3 is 15.0 Å². The highest BCUT2D eigenvalue weighted by Gasteiger charge is 2.08. The highest BCUT2D eigenvalue weighted by molar-refractivity contribution is 5.47. The van der Waals surface area contributed by atoms with E-state index in [2.05, 4.69) is 48.3 Å². The predicted molar refractivity (Wildman–Crippen MR) is 78.1 cm³/mol. The molecule has 102 valence electrons.